The van der Waals surface area contributed by atoms with Crippen molar-refractivity contribution in [2.24, 2.45) is 0 Å². The Morgan fingerprint density at radius 1 is 1.41 bits per heavy atom. The number of morpholine rings is 1. The number of carboxylic acid groups (broad SMARTS) is 1. The van der Waals surface area contributed by atoms with Crippen LogP contribution in [0.25, 0.3) is 0 Å². The molecule has 0 spiro atoms. The number of aliphatic hydroxyl groups is 1. The second kappa shape index (κ2) is 10.2. The van der Waals surface area contributed by atoms with Gasteiger partial charge in [-0.05, 0) is 38.0 Å². The molecule has 0 amide bonds. The summed E-state index contributed by atoms with van der Waals surface area (Å²) in [5.41, 5.74) is 1.10. The molecule has 0 radical (unpaired) electrons. The topological polar surface area (TPSA) is 114 Å². The number of benzene rings is 1. The number of aromatic carboxylic acids is 1. The van der Waals surface area contributed by atoms with Crippen molar-refractivity contribution in [3.8, 4) is 0 Å². The van der Waals surface area contributed by atoms with Gasteiger partial charge in [-0.1, -0.05) is 12.1 Å². The molecule has 27 heavy (non-hydrogen) atoms. The number of rotatable bonds is 10. The first-order valence-corrected chi connectivity index (χ1v) is 9.73. The van der Waals surface area contributed by atoms with E-state index in [1.807, 2.05) is 6.07 Å². The first-order valence-electron chi connectivity index (χ1n) is 8.91. The van der Waals surface area contributed by atoms with Crippen LogP contribution in [0.3, 0.4) is 0 Å². The Hall–Kier alpha value is -1.41. The highest BCUT2D eigenvalue weighted by Crippen LogP contribution is 2.34. The van der Waals surface area contributed by atoms with Crippen LogP contribution in [-0.4, -0.2) is 66.3 Å². The van der Waals surface area contributed by atoms with E-state index in [1.165, 1.54) is 0 Å². The molecule has 8 nitrogen and oxygen atoms in total. The first kappa shape index (κ1) is 21.9. The lowest BCUT2D eigenvalue weighted by molar-refractivity contribution is -0.238. The molecule has 0 saturated carbocycles. The van der Waals surface area contributed by atoms with Crippen molar-refractivity contribution in [2.75, 3.05) is 26.4 Å². The molecule has 1 heterocycles. The summed E-state index contributed by atoms with van der Waals surface area (Å²) in [6, 6.07) is 6.67. The first-order chi connectivity index (χ1) is 12.9. The van der Waals surface area contributed by atoms with Gasteiger partial charge in [0.15, 0.2) is 14.8 Å². The van der Waals surface area contributed by atoms with Crippen molar-refractivity contribution in [3.05, 3.63) is 35.4 Å². The van der Waals surface area contributed by atoms with Crippen LogP contribution in [-0.2, 0) is 25.2 Å². The van der Waals surface area contributed by atoms with Crippen molar-refractivity contribution in [3.63, 3.8) is 0 Å². The SMILES string of the molecule is CCOC(OCC)C(O)(P=O)[C@@H]1CN[C@H](Cc2cccc(C(=O)O)c2)CO1. The predicted molar refractivity (Wildman–Crippen MR) is 98.2 cm³/mol. The monoisotopic (exact) mass is 399 g/mol. The summed E-state index contributed by atoms with van der Waals surface area (Å²) in [5.74, 6) is -0.970. The summed E-state index contributed by atoms with van der Waals surface area (Å²) >= 11 is 0. The molecule has 1 aromatic carbocycles. The van der Waals surface area contributed by atoms with Gasteiger partial charge in [-0.2, -0.15) is 0 Å². The quantitative estimate of drug-likeness (QED) is 0.402. The molecule has 1 unspecified atom stereocenters. The van der Waals surface area contributed by atoms with Crippen LogP contribution in [0.4, 0.5) is 0 Å². The molecule has 1 aliphatic heterocycles. The second-order valence-corrected chi connectivity index (χ2v) is 7.15. The minimum atomic E-state index is -1.83. The van der Waals surface area contributed by atoms with Gasteiger partial charge in [0.05, 0.1) is 12.2 Å². The second-order valence-electron chi connectivity index (χ2n) is 6.25. The molecule has 3 N–H and O–H groups in total. The summed E-state index contributed by atoms with van der Waals surface area (Å²) in [6.45, 7) is 4.64. The maximum atomic E-state index is 11.7. The minimum Gasteiger partial charge on any atom is -0.478 e. The van der Waals surface area contributed by atoms with Gasteiger partial charge in [0.25, 0.3) is 0 Å². The van der Waals surface area contributed by atoms with Crippen LogP contribution < -0.4 is 5.32 Å². The van der Waals surface area contributed by atoms with Gasteiger partial charge in [0.1, 0.15) is 6.10 Å². The Morgan fingerprint density at radius 3 is 2.63 bits per heavy atom. The number of carboxylic acids is 1. The largest absolute Gasteiger partial charge is 0.478 e. The molecule has 2 rings (SSSR count). The normalized spacial score (nSPS) is 22.7. The van der Waals surface area contributed by atoms with Crippen LogP contribution in [0, 0.1) is 0 Å². The van der Waals surface area contributed by atoms with Crippen LogP contribution >= 0.6 is 8.46 Å². The van der Waals surface area contributed by atoms with E-state index in [9.17, 15) is 14.5 Å². The maximum absolute atomic E-state index is 11.7. The van der Waals surface area contributed by atoms with Gasteiger partial charge in [0, 0.05) is 25.8 Å². The average Bonchev–Trinajstić information content (AvgIpc) is 2.68. The Labute approximate surface area is 160 Å². The molecular weight excluding hydrogens is 373 g/mol. The van der Waals surface area contributed by atoms with Crippen molar-refractivity contribution in [1.82, 2.24) is 5.32 Å². The van der Waals surface area contributed by atoms with Gasteiger partial charge in [0.2, 0.25) is 5.34 Å². The van der Waals surface area contributed by atoms with Crippen LogP contribution in [0.5, 0.6) is 0 Å². The van der Waals surface area contributed by atoms with E-state index in [0.717, 1.165) is 5.56 Å². The Bertz CT molecular complexity index is 630. The fourth-order valence-electron chi connectivity index (χ4n) is 2.99. The Kier molecular flexibility index (Phi) is 8.28. The summed E-state index contributed by atoms with van der Waals surface area (Å²) in [5, 5.41) is 21.4. The van der Waals surface area contributed by atoms with E-state index in [2.05, 4.69) is 5.32 Å². The zero-order chi connectivity index (χ0) is 19.9. The number of carbonyl (C=O) groups is 1. The van der Waals surface area contributed by atoms with Crippen molar-refractivity contribution >= 4 is 14.4 Å². The van der Waals surface area contributed by atoms with Gasteiger partial charge in [-0.25, -0.2) is 4.79 Å². The smallest absolute Gasteiger partial charge is 0.335 e. The Morgan fingerprint density at radius 2 is 2.11 bits per heavy atom. The summed E-state index contributed by atoms with van der Waals surface area (Å²) in [4.78, 5) is 11.1. The van der Waals surface area contributed by atoms with E-state index >= 15 is 0 Å². The van der Waals surface area contributed by atoms with Crippen molar-refractivity contribution < 1.29 is 33.8 Å². The van der Waals surface area contributed by atoms with E-state index in [1.54, 1.807) is 32.0 Å². The molecule has 150 valence electrons. The average molecular weight is 399 g/mol. The zero-order valence-corrected chi connectivity index (χ0v) is 16.4. The summed E-state index contributed by atoms with van der Waals surface area (Å²) in [6.07, 6.45) is -1.27. The molecular formula is C18H26NO7P. The highest BCUT2D eigenvalue weighted by molar-refractivity contribution is 7.25. The number of hydrogen-bond acceptors (Lipinski definition) is 7. The number of ether oxygens (including phenoxy) is 3. The molecule has 0 aliphatic carbocycles. The van der Waals surface area contributed by atoms with E-state index in [4.69, 9.17) is 19.3 Å². The predicted octanol–water partition coefficient (Wildman–Crippen LogP) is 1.66. The lowest BCUT2D eigenvalue weighted by Gasteiger charge is -2.40. The van der Waals surface area contributed by atoms with Crippen molar-refractivity contribution in [1.29, 1.82) is 0 Å². The van der Waals surface area contributed by atoms with Gasteiger partial charge < -0.3 is 29.7 Å². The van der Waals surface area contributed by atoms with Crippen LogP contribution in [0.15, 0.2) is 24.3 Å². The molecule has 0 aromatic heterocycles. The molecule has 0 bridgehead atoms. The van der Waals surface area contributed by atoms with Gasteiger partial charge >= 0.3 is 5.97 Å². The number of hydrogen-bond donors (Lipinski definition) is 3. The van der Waals surface area contributed by atoms with Crippen LogP contribution in [0.2, 0.25) is 0 Å². The third-order valence-corrected chi connectivity index (χ3v) is 5.14. The summed E-state index contributed by atoms with van der Waals surface area (Å²) < 4.78 is 28.3. The fourth-order valence-corrected chi connectivity index (χ4v) is 3.51. The fraction of sp³-hybridized carbons (Fsp3) is 0.611. The number of nitrogens with one attached hydrogen (secondary N) is 1. The molecule has 1 saturated heterocycles. The van der Waals surface area contributed by atoms with Crippen molar-refractivity contribution in [2.45, 2.75) is 44.0 Å². The third kappa shape index (κ3) is 5.54. The highest BCUT2D eigenvalue weighted by Gasteiger charge is 2.49. The van der Waals surface area contributed by atoms with E-state index < -0.39 is 32.2 Å². The lowest BCUT2D eigenvalue weighted by atomic mass is 10.0. The zero-order valence-electron chi connectivity index (χ0n) is 15.5. The third-order valence-electron chi connectivity index (χ3n) is 4.35. The molecule has 1 aromatic rings. The molecule has 3 atom stereocenters. The standard InChI is InChI=1S/C18H26NO7P/c1-3-24-17(25-4-2)18(22,27-23)15-10-19-14(11-26-15)9-12-6-5-7-13(8-12)16(20)21/h5-8,14-15,17,19,22H,3-4,9-11H2,1-2H3,(H,20,21)/t14-,15+,18?/m1/s1. The molecule has 1 fully saturated rings. The molecule has 9 heteroatoms. The van der Waals surface area contributed by atoms with E-state index in [0.29, 0.717) is 19.6 Å². The van der Waals surface area contributed by atoms with E-state index in [-0.39, 0.29) is 24.8 Å². The maximum Gasteiger partial charge on any atom is 0.335 e. The van der Waals surface area contributed by atoms with Crippen LogP contribution in [0.1, 0.15) is 29.8 Å². The summed E-state index contributed by atoms with van der Waals surface area (Å²) in [7, 11) is -0.539. The highest BCUT2D eigenvalue weighted by atomic mass is 31.1. The minimum absolute atomic E-state index is 0.0597. The van der Waals surface area contributed by atoms with Gasteiger partial charge in [-0.15, -0.1) is 0 Å². The Balaban J connectivity index is 1.99. The molecule has 1 aliphatic rings. The lowest BCUT2D eigenvalue weighted by Crippen LogP contribution is -2.60. The van der Waals surface area contributed by atoms with Gasteiger partial charge in [-0.3, -0.25) is 4.57 Å².